The van der Waals surface area contributed by atoms with Gasteiger partial charge in [-0.2, -0.15) is 0 Å². The number of ether oxygens (including phenoxy) is 2. The number of anilines is 1. The molecule has 5 amide bonds. The number of amides is 5. The first-order chi connectivity index (χ1) is 29.3. The Morgan fingerprint density at radius 1 is 0.806 bits per heavy atom. The molecule has 2 aliphatic rings. The molecular weight excluding hydrogens is 785 g/mol. The summed E-state index contributed by atoms with van der Waals surface area (Å²) in [5, 5.41) is 12.1. The normalized spacial score (nSPS) is 18.0. The van der Waals surface area contributed by atoms with E-state index >= 15 is 0 Å². The molecule has 1 aliphatic carbocycles. The molecule has 1 atom stereocenters. The zero-order valence-corrected chi connectivity index (χ0v) is 38.0. The van der Waals surface area contributed by atoms with Crippen LogP contribution < -0.4 is 21.3 Å². The molecule has 2 fully saturated rings. The fourth-order valence-electron chi connectivity index (χ4n) is 7.85. The monoisotopic (exact) mass is 850 g/mol. The number of piperidine rings is 1. The lowest BCUT2D eigenvalue weighted by molar-refractivity contribution is -0.130. The average molecular weight is 851 g/mol. The van der Waals surface area contributed by atoms with Crippen LogP contribution >= 0.6 is 0 Å². The molecule has 62 heavy (non-hydrogen) atoms. The van der Waals surface area contributed by atoms with E-state index in [-0.39, 0.29) is 48.1 Å². The van der Waals surface area contributed by atoms with Crippen molar-refractivity contribution >= 4 is 41.3 Å². The van der Waals surface area contributed by atoms with Crippen LogP contribution in [0.3, 0.4) is 0 Å². The minimum Gasteiger partial charge on any atom is -0.444 e. The van der Waals surface area contributed by atoms with Gasteiger partial charge in [-0.3, -0.25) is 19.4 Å². The summed E-state index contributed by atoms with van der Waals surface area (Å²) >= 11 is 0. The van der Waals surface area contributed by atoms with Crippen molar-refractivity contribution in [1.29, 1.82) is 0 Å². The summed E-state index contributed by atoms with van der Waals surface area (Å²) in [5.74, 6) is -0.672. The Morgan fingerprint density at radius 3 is 2.06 bits per heavy atom. The highest BCUT2D eigenvalue weighted by Crippen LogP contribution is 2.30. The molecule has 3 aromatic carbocycles. The number of hydrogen-bond acceptors (Lipinski definition) is 8. The van der Waals surface area contributed by atoms with Crippen molar-refractivity contribution < 1.29 is 33.4 Å². The first kappa shape index (κ1) is 47.3. The molecule has 5 rings (SSSR count). The van der Waals surface area contributed by atoms with Gasteiger partial charge in [0.25, 0.3) is 5.91 Å². The Bertz CT molecular complexity index is 2090. The van der Waals surface area contributed by atoms with Gasteiger partial charge < -0.3 is 35.6 Å². The summed E-state index contributed by atoms with van der Waals surface area (Å²) in [5.41, 5.74) is 5.51. The number of nitrogens with one attached hydrogen (secondary N) is 4. The van der Waals surface area contributed by atoms with Gasteiger partial charge in [-0.05, 0) is 152 Å². The molecule has 334 valence electrons. The fourth-order valence-corrected chi connectivity index (χ4v) is 7.85. The number of rotatable bonds is 12. The third kappa shape index (κ3) is 14.2. The predicted molar refractivity (Wildman–Crippen MR) is 243 cm³/mol. The summed E-state index contributed by atoms with van der Waals surface area (Å²) in [6.07, 6.45) is 3.61. The van der Waals surface area contributed by atoms with E-state index < -0.39 is 23.3 Å². The van der Waals surface area contributed by atoms with E-state index in [1.807, 2.05) is 122 Å². The van der Waals surface area contributed by atoms with E-state index in [9.17, 15) is 24.0 Å². The van der Waals surface area contributed by atoms with Crippen LogP contribution in [0.4, 0.5) is 15.3 Å². The number of aliphatic imine (C=N–C) groups is 1. The summed E-state index contributed by atoms with van der Waals surface area (Å²) in [4.78, 5) is 71.8. The quantitative estimate of drug-likeness (QED) is 0.133. The highest BCUT2D eigenvalue weighted by atomic mass is 16.6. The standard InChI is InChI=1S/C49H66N6O7/c1-31-27-38(44(57)52-40-23-25-55(26-24-40)47(60)62-49(6,7)8)19-22-41(31)37-12-10-11-34(28-37)29-42(45(58)53-39-20-17-35(18-21-39)32(2)50-9)54-43(56)36-15-13-33(14-16-36)30-51-46(59)61-48(3,4)5/h10-12,17-22,27-28,33,36,40,42H,13-16,23-26,29-30H2,1-9H3,(H,51,59)(H,52,57)(H,53,58)(H,54,56). The SMILES string of the molecule is CN=C(C)c1ccc(NC(=O)C(Cc2cccc(-c3ccc(C(=O)NC4CCN(C(=O)OC(C)(C)C)CC4)cc3C)c2)NC(=O)C2CCC(CNC(=O)OC(C)(C)C)CC2)cc1. The van der Waals surface area contributed by atoms with Crippen LogP contribution in [0.1, 0.15) is 114 Å². The smallest absolute Gasteiger partial charge is 0.410 e. The third-order valence-electron chi connectivity index (χ3n) is 11.3. The third-order valence-corrected chi connectivity index (χ3v) is 11.3. The summed E-state index contributed by atoms with van der Waals surface area (Å²) in [7, 11) is 1.74. The van der Waals surface area contributed by atoms with Gasteiger partial charge in [0, 0.05) is 62.0 Å². The average Bonchev–Trinajstić information content (AvgIpc) is 3.22. The first-order valence-electron chi connectivity index (χ1n) is 21.9. The number of alkyl carbamates (subject to hydrolysis) is 1. The Morgan fingerprint density at radius 2 is 1.45 bits per heavy atom. The van der Waals surface area contributed by atoms with Crippen LogP contribution in [0.25, 0.3) is 11.1 Å². The molecule has 1 saturated heterocycles. The first-order valence-corrected chi connectivity index (χ1v) is 21.9. The number of benzene rings is 3. The van der Waals surface area contributed by atoms with E-state index in [4.69, 9.17) is 9.47 Å². The van der Waals surface area contributed by atoms with Crippen LogP contribution in [-0.2, 0) is 25.5 Å². The van der Waals surface area contributed by atoms with Crippen LogP contribution in [0.5, 0.6) is 0 Å². The molecule has 1 heterocycles. The largest absolute Gasteiger partial charge is 0.444 e. The van der Waals surface area contributed by atoms with Crippen molar-refractivity contribution in [3.05, 3.63) is 89.0 Å². The van der Waals surface area contributed by atoms with Gasteiger partial charge >= 0.3 is 12.2 Å². The van der Waals surface area contributed by atoms with E-state index in [0.29, 0.717) is 56.6 Å². The second-order valence-corrected chi connectivity index (χ2v) is 18.7. The van der Waals surface area contributed by atoms with Crippen molar-refractivity contribution in [3.8, 4) is 11.1 Å². The van der Waals surface area contributed by atoms with E-state index in [1.165, 1.54) is 0 Å². The number of aryl methyl sites for hydroxylation is 1. The highest BCUT2D eigenvalue weighted by Gasteiger charge is 2.31. The predicted octanol–water partition coefficient (Wildman–Crippen LogP) is 8.23. The molecule has 0 radical (unpaired) electrons. The second-order valence-electron chi connectivity index (χ2n) is 18.7. The highest BCUT2D eigenvalue weighted by molar-refractivity contribution is 6.00. The van der Waals surface area contributed by atoms with Crippen molar-refractivity contribution in [2.24, 2.45) is 16.8 Å². The molecule has 13 nitrogen and oxygen atoms in total. The molecule has 1 unspecified atom stereocenters. The number of likely N-dealkylation sites (tertiary alicyclic amines) is 1. The van der Waals surface area contributed by atoms with Crippen molar-refractivity contribution in [3.63, 3.8) is 0 Å². The molecule has 1 saturated carbocycles. The Hall–Kier alpha value is -5.72. The topological polar surface area (TPSA) is 168 Å². The zero-order chi connectivity index (χ0) is 45.2. The van der Waals surface area contributed by atoms with Crippen LogP contribution in [0, 0.1) is 18.8 Å². The lowest BCUT2D eigenvalue weighted by Gasteiger charge is -2.33. The van der Waals surface area contributed by atoms with Gasteiger partial charge in [-0.15, -0.1) is 0 Å². The minimum atomic E-state index is -0.855. The molecule has 1 aliphatic heterocycles. The van der Waals surface area contributed by atoms with Gasteiger partial charge in [0.05, 0.1) is 0 Å². The lowest BCUT2D eigenvalue weighted by atomic mass is 9.81. The van der Waals surface area contributed by atoms with E-state index in [2.05, 4.69) is 26.3 Å². The van der Waals surface area contributed by atoms with Crippen molar-refractivity contribution in [1.82, 2.24) is 20.9 Å². The van der Waals surface area contributed by atoms with E-state index in [1.54, 1.807) is 11.9 Å². The molecule has 0 aromatic heterocycles. The molecule has 0 bridgehead atoms. The molecule has 3 aromatic rings. The van der Waals surface area contributed by atoms with Crippen LogP contribution in [0.15, 0.2) is 71.7 Å². The number of hydrogen-bond donors (Lipinski definition) is 4. The van der Waals surface area contributed by atoms with Crippen molar-refractivity contribution in [2.45, 2.75) is 124 Å². The van der Waals surface area contributed by atoms with Gasteiger partial charge in [0.1, 0.15) is 17.2 Å². The van der Waals surface area contributed by atoms with Crippen LogP contribution in [0.2, 0.25) is 0 Å². The number of carbonyl (C=O) groups is 5. The maximum Gasteiger partial charge on any atom is 0.410 e. The Kier molecular flexibility index (Phi) is 16.0. The fraction of sp³-hybridized carbons (Fsp3) is 0.510. The summed E-state index contributed by atoms with van der Waals surface area (Å²) in [6.45, 7) is 16.4. The molecule has 13 heteroatoms. The minimum absolute atomic E-state index is 0.0503. The maximum atomic E-state index is 14.0. The molecular formula is C49H66N6O7. The Labute approximate surface area is 367 Å². The zero-order valence-electron chi connectivity index (χ0n) is 38.0. The van der Waals surface area contributed by atoms with Gasteiger partial charge in [0.15, 0.2) is 0 Å². The maximum absolute atomic E-state index is 14.0. The van der Waals surface area contributed by atoms with Crippen molar-refractivity contribution in [2.75, 3.05) is 32.0 Å². The van der Waals surface area contributed by atoms with E-state index in [0.717, 1.165) is 46.4 Å². The summed E-state index contributed by atoms with van der Waals surface area (Å²) < 4.78 is 10.9. The lowest BCUT2D eigenvalue weighted by Crippen LogP contribution is -2.48. The Balaban J connectivity index is 1.24. The second kappa shape index (κ2) is 20.9. The van der Waals surface area contributed by atoms with Crippen LogP contribution in [-0.4, -0.2) is 90.5 Å². The summed E-state index contributed by atoms with van der Waals surface area (Å²) in [6, 6.07) is 20.1. The number of carbonyl (C=O) groups excluding carboxylic acids is 5. The van der Waals surface area contributed by atoms with Gasteiger partial charge in [-0.1, -0.05) is 42.5 Å². The molecule has 0 spiro atoms. The molecule has 4 N–H and O–H groups in total. The van der Waals surface area contributed by atoms with Gasteiger partial charge in [0.2, 0.25) is 11.8 Å². The number of nitrogens with zero attached hydrogens (tertiary/aromatic N) is 2. The van der Waals surface area contributed by atoms with Gasteiger partial charge in [-0.25, -0.2) is 9.59 Å².